The van der Waals surface area contributed by atoms with Crippen LogP contribution in [0.25, 0.3) is 10.2 Å². The van der Waals surface area contributed by atoms with Gasteiger partial charge in [0.15, 0.2) is 7.05 Å². The third-order valence-corrected chi connectivity index (χ3v) is 4.50. The fourth-order valence-corrected chi connectivity index (χ4v) is 3.35. The summed E-state index contributed by atoms with van der Waals surface area (Å²) < 4.78 is 5.85. The maximum Gasteiger partial charge on any atom is 0.438 e. The number of fused-ring (bicyclic) bond motifs is 1. The lowest BCUT2D eigenvalue weighted by molar-refractivity contribution is -0.741. The molecule has 0 aliphatic carbocycles. The molecule has 114 valence electrons. The van der Waals surface area contributed by atoms with Gasteiger partial charge in [-0.05, 0) is 23.8 Å². The molecule has 3 aromatic rings. The molecule has 3 rings (SSSR count). The third-order valence-electron chi connectivity index (χ3n) is 3.38. The highest BCUT2D eigenvalue weighted by atomic mass is 32.1. The summed E-state index contributed by atoms with van der Waals surface area (Å²) in [5.74, 6) is -0.463. The predicted octanol–water partition coefficient (Wildman–Crippen LogP) is 1.17. The molecule has 0 saturated heterocycles. The van der Waals surface area contributed by atoms with Crippen molar-refractivity contribution in [3.8, 4) is 0 Å². The van der Waals surface area contributed by atoms with Crippen LogP contribution in [0.15, 0.2) is 21.5 Å². The Balaban J connectivity index is 2.13. The molecular weight excluding hydrogens is 304 g/mol. The van der Waals surface area contributed by atoms with Crippen molar-refractivity contribution in [3.63, 3.8) is 0 Å². The van der Waals surface area contributed by atoms with Crippen molar-refractivity contribution in [1.82, 2.24) is 10.3 Å². The molecule has 3 heterocycles. The summed E-state index contributed by atoms with van der Waals surface area (Å²) in [4.78, 5) is 29.7. The van der Waals surface area contributed by atoms with E-state index in [1.807, 2.05) is 12.1 Å². The number of aromatic amines is 1. The molecule has 7 nitrogen and oxygen atoms in total. The van der Waals surface area contributed by atoms with E-state index in [1.54, 1.807) is 0 Å². The monoisotopic (exact) mass is 319 g/mol. The fourth-order valence-electron chi connectivity index (χ4n) is 2.29. The molecule has 0 atom stereocenters. The molecule has 0 radical (unpaired) electrons. The molecule has 0 amide bonds. The van der Waals surface area contributed by atoms with E-state index in [-0.39, 0.29) is 5.69 Å². The number of carbonyl (C=O) groups is 1. The van der Waals surface area contributed by atoms with Crippen molar-refractivity contribution in [2.45, 2.75) is 19.8 Å². The Labute approximate surface area is 129 Å². The van der Waals surface area contributed by atoms with Gasteiger partial charge in [-0.25, -0.2) is 9.78 Å². The average Bonchev–Trinajstić information content (AvgIpc) is 2.99. The summed E-state index contributed by atoms with van der Waals surface area (Å²) in [5.41, 5.74) is 6.57. The highest BCUT2D eigenvalue weighted by Crippen LogP contribution is 2.33. The molecule has 3 aromatic heterocycles. The molecular formula is C14H15N4O3S+. The van der Waals surface area contributed by atoms with Crippen LogP contribution in [0.4, 0.5) is 5.69 Å². The number of nitrogens with zero attached hydrogens (tertiary/aromatic N) is 2. The van der Waals surface area contributed by atoms with E-state index in [1.165, 1.54) is 23.1 Å². The Hall–Kier alpha value is -2.48. The number of nitrogens with one attached hydrogen (secondary N) is 1. The number of H-pyrrole nitrogens is 1. The number of aromatic nitrogens is 3. The zero-order valence-electron chi connectivity index (χ0n) is 12.2. The molecule has 3 N–H and O–H groups in total. The summed E-state index contributed by atoms with van der Waals surface area (Å²) in [6.07, 6.45) is 1.86. The molecule has 0 aliphatic heterocycles. The molecule has 0 saturated carbocycles. The number of rotatable bonds is 4. The largest absolute Gasteiger partial charge is 0.438 e. The summed E-state index contributed by atoms with van der Waals surface area (Å²) in [6, 6.07) is 3.78. The molecule has 0 aromatic carbocycles. The Morgan fingerprint density at radius 3 is 2.91 bits per heavy atom. The van der Waals surface area contributed by atoms with Crippen LogP contribution in [0.3, 0.4) is 0 Å². The van der Waals surface area contributed by atoms with Crippen LogP contribution in [-0.2, 0) is 13.5 Å². The molecule has 0 spiro atoms. The number of anilines is 1. The van der Waals surface area contributed by atoms with E-state index in [2.05, 4.69) is 21.7 Å². The van der Waals surface area contributed by atoms with Crippen molar-refractivity contribution < 1.29 is 14.0 Å². The van der Waals surface area contributed by atoms with E-state index in [4.69, 9.17) is 5.73 Å². The maximum atomic E-state index is 12.6. The minimum absolute atomic E-state index is 0.0907. The Bertz CT molecular complexity index is 922. The van der Waals surface area contributed by atoms with Gasteiger partial charge in [0.1, 0.15) is 9.71 Å². The number of thiophene rings is 1. The number of nitrogen functional groups attached to an aromatic ring is 1. The second kappa shape index (κ2) is 5.38. The lowest BCUT2D eigenvalue weighted by Gasteiger charge is -1.97. The molecule has 0 bridgehead atoms. The van der Waals surface area contributed by atoms with Gasteiger partial charge < -0.3 is 5.73 Å². The average molecular weight is 319 g/mol. The normalized spacial score (nSPS) is 11.2. The number of pyridine rings is 1. The van der Waals surface area contributed by atoms with Crippen LogP contribution >= 0.6 is 11.3 Å². The maximum absolute atomic E-state index is 12.6. The predicted molar refractivity (Wildman–Crippen MR) is 82.0 cm³/mol. The molecule has 22 heavy (non-hydrogen) atoms. The van der Waals surface area contributed by atoms with Crippen LogP contribution in [-0.4, -0.2) is 16.0 Å². The number of carbonyl (C=O) groups excluding carboxylic acids is 1. The van der Waals surface area contributed by atoms with Gasteiger partial charge in [-0.15, -0.1) is 11.3 Å². The first-order valence-electron chi connectivity index (χ1n) is 6.83. The van der Waals surface area contributed by atoms with Gasteiger partial charge in [-0.3, -0.25) is 9.32 Å². The Morgan fingerprint density at radius 2 is 2.27 bits per heavy atom. The van der Waals surface area contributed by atoms with Crippen molar-refractivity contribution in [1.29, 1.82) is 0 Å². The minimum atomic E-state index is -0.719. The third kappa shape index (κ3) is 2.21. The van der Waals surface area contributed by atoms with Crippen molar-refractivity contribution >= 4 is 33.0 Å². The minimum Gasteiger partial charge on any atom is -0.397 e. The highest BCUT2D eigenvalue weighted by Gasteiger charge is 2.31. The molecule has 0 fully saturated rings. The highest BCUT2D eigenvalue weighted by molar-refractivity contribution is 7.21. The smallest absolute Gasteiger partial charge is 0.397 e. The first kappa shape index (κ1) is 14.5. The second-order valence-corrected chi connectivity index (χ2v) is 5.97. The van der Waals surface area contributed by atoms with E-state index in [9.17, 15) is 9.59 Å². The summed E-state index contributed by atoms with van der Waals surface area (Å²) in [7, 11) is 1.53. The lowest BCUT2D eigenvalue weighted by atomic mass is 10.1. The summed E-state index contributed by atoms with van der Waals surface area (Å²) in [5, 5.41) is 3.06. The second-order valence-electron chi connectivity index (χ2n) is 4.97. The van der Waals surface area contributed by atoms with Gasteiger partial charge in [-0.2, -0.15) is 0 Å². The molecule has 0 aliphatic rings. The summed E-state index contributed by atoms with van der Waals surface area (Å²) >= 11 is 1.19. The van der Waals surface area contributed by atoms with E-state index < -0.39 is 11.4 Å². The lowest BCUT2D eigenvalue weighted by Crippen LogP contribution is -2.39. The van der Waals surface area contributed by atoms with Crippen molar-refractivity contribution in [2.24, 2.45) is 7.05 Å². The first-order valence-corrected chi connectivity index (χ1v) is 7.64. The number of nitrogens with two attached hydrogens (primary N) is 1. The van der Waals surface area contributed by atoms with E-state index >= 15 is 0 Å². The van der Waals surface area contributed by atoms with Gasteiger partial charge >= 0.3 is 11.3 Å². The zero-order valence-corrected chi connectivity index (χ0v) is 13.0. The topological polar surface area (TPSA) is 106 Å². The van der Waals surface area contributed by atoms with Crippen LogP contribution in [0.1, 0.15) is 34.4 Å². The van der Waals surface area contributed by atoms with Gasteiger partial charge in [0.2, 0.25) is 0 Å². The van der Waals surface area contributed by atoms with Crippen molar-refractivity contribution in [3.05, 3.63) is 38.8 Å². The fraction of sp³-hybridized carbons (Fsp3) is 0.286. The number of hydrogen-bond donors (Lipinski definition) is 2. The van der Waals surface area contributed by atoms with Gasteiger partial charge in [0.25, 0.3) is 5.78 Å². The van der Waals surface area contributed by atoms with Gasteiger partial charge in [0.05, 0.1) is 5.69 Å². The standard InChI is InChI=1S/C14H14N4O3S/c1-3-4-7-5-6-8-9(15)12(22-13(8)16-7)11(19)10-14(20)21-17-18(10)2/h5-6H,3-4H2,1-2H3,(H2-,15,17,19,20)/p+1. The van der Waals surface area contributed by atoms with E-state index in [0.29, 0.717) is 15.4 Å². The summed E-state index contributed by atoms with van der Waals surface area (Å²) in [6.45, 7) is 2.08. The van der Waals surface area contributed by atoms with Crippen LogP contribution in [0, 0.1) is 0 Å². The van der Waals surface area contributed by atoms with Crippen molar-refractivity contribution in [2.75, 3.05) is 5.73 Å². The Kier molecular flexibility index (Phi) is 3.53. The van der Waals surface area contributed by atoms with Crippen LogP contribution < -0.4 is 16.0 Å². The van der Waals surface area contributed by atoms with E-state index in [0.717, 1.165) is 23.9 Å². The molecule has 0 unspecified atom stereocenters. The first-order chi connectivity index (χ1) is 10.5. The quantitative estimate of drug-likeness (QED) is 0.554. The number of aryl methyl sites for hydroxylation is 2. The number of hydrogen-bond acceptors (Lipinski definition) is 6. The van der Waals surface area contributed by atoms with Crippen LogP contribution in [0.2, 0.25) is 0 Å². The number of ketones is 1. The Morgan fingerprint density at radius 1 is 1.50 bits per heavy atom. The molecule has 8 heteroatoms. The zero-order chi connectivity index (χ0) is 15.9. The SMILES string of the molecule is CCCc1ccc2c(N)c(C(=O)c3c(=O)o[nH][n+]3C)sc2n1. The van der Waals surface area contributed by atoms with Crippen LogP contribution in [0.5, 0.6) is 0 Å². The van der Waals surface area contributed by atoms with Gasteiger partial charge in [-0.1, -0.05) is 18.0 Å². The van der Waals surface area contributed by atoms with Gasteiger partial charge in [0, 0.05) is 11.1 Å².